The summed E-state index contributed by atoms with van der Waals surface area (Å²) in [6.07, 6.45) is 0. The summed E-state index contributed by atoms with van der Waals surface area (Å²) in [4.78, 5) is 10.4. The van der Waals surface area contributed by atoms with Crippen molar-refractivity contribution in [2.24, 2.45) is 5.41 Å². The normalized spacial score (nSPS) is 21.0. The lowest BCUT2D eigenvalue weighted by Gasteiger charge is -2.44. The van der Waals surface area contributed by atoms with E-state index in [0.29, 0.717) is 11.8 Å². The van der Waals surface area contributed by atoms with Crippen LogP contribution in [0.1, 0.15) is 118 Å². The van der Waals surface area contributed by atoms with Crippen molar-refractivity contribution >= 4 is 11.0 Å². The maximum Gasteiger partial charge on any atom is 0.227 e. The Labute approximate surface area is 211 Å². The van der Waals surface area contributed by atoms with Crippen LogP contribution in [0.5, 0.6) is 5.88 Å². The Morgan fingerprint density at radius 3 is 1.94 bits per heavy atom. The van der Waals surface area contributed by atoms with E-state index in [1.807, 2.05) is 0 Å². The molecule has 1 aliphatic heterocycles. The Bertz CT molecular complexity index is 1380. The Morgan fingerprint density at radius 1 is 0.829 bits per heavy atom. The first-order valence-corrected chi connectivity index (χ1v) is 13.1. The van der Waals surface area contributed by atoms with E-state index in [9.17, 15) is 0 Å². The van der Waals surface area contributed by atoms with Crippen molar-refractivity contribution in [1.29, 1.82) is 0 Å². The predicted octanol–water partition coefficient (Wildman–Crippen LogP) is 8.20. The Morgan fingerprint density at radius 2 is 1.40 bits per heavy atom. The number of ether oxygens (including phenoxy) is 1. The molecule has 0 fully saturated rings. The smallest absolute Gasteiger partial charge is 0.227 e. The SMILES string of the molecule is CC(C)c1cc(C(C)(C)C)nc2c1-c1nc3cc4c(cc3n1C(C)(C)O2)C(C)(C)C(C)(C)C4(C)C. The highest BCUT2D eigenvalue weighted by Crippen LogP contribution is 2.62. The zero-order valence-corrected chi connectivity index (χ0v) is 24.1. The van der Waals surface area contributed by atoms with E-state index in [2.05, 4.69) is 113 Å². The highest BCUT2D eigenvalue weighted by atomic mass is 16.5. The second-order valence-electron chi connectivity index (χ2n) is 14.3. The van der Waals surface area contributed by atoms with Gasteiger partial charge in [-0.05, 0) is 70.9 Å². The van der Waals surface area contributed by atoms with E-state index in [0.717, 1.165) is 28.1 Å². The molecule has 188 valence electrons. The van der Waals surface area contributed by atoms with Crippen LogP contribution in [-0.4, -0.2) is 14.5 Å². The molecule has 0 atom stereocenters. The van der Waals surface area contributed by atoms with Crippen molar-refractivity contribution in [3.05, 3.63) is 40.6 Å². The van der Waals surface area contributed by atoms with Gasteiger partial charge in [-0.1, -0.05) is 76.2 Å². The highest BCUT2D eigenvalue weighted by Gasteiger charge is 2.57. The second kappa shape index (κ2) is 6.69. The van der Waals surface area contributed by atoms with E-state index >= 15 is 0 Å². The number of pyridine rings is 1. The van der Waals surface area contributed by atoms with Crippen molar-refractivity contribution in [1.82, 2.24) is 14.5 Å². The number of fused-ring (bicyclic) bond motifs is 6. The monoisotopic (exact) mass is 473 g/mol. The molecule has 3 aromatic rings. The number of hydrogen-bond donors (Lipinski definition) is 0. The standard InChI is InChI=1S/C31H43N3O/c1-17(2)18-14-23(27(3,4)5)33-26-24(18)25-32-21-15-19-20(16-22(21)34(25)31(12,13)35-26)29(8,9)30(10,11)28(19,6)7/h14-17H,1-13H3. The molecule has 1 aliphatic carbocycles. The van der Waals surface area contributed by atoms with Gasteiger partial charge in [0.15, 0.2) is 5.72 Å². The number of hydrogen-bond acceptors (Lipinski definition) is 3. The maximum atomic E-state index is 6.70. The van der Waals surface area contributed by atoms with Crippen molar-refractivity contribution in [2.45, 2.75) is 118 Å². The van der Waals surface area contributed by atoms with Gasteiger partial charge in [-0.2, -0.15) is 0 Å². The summed E-state index contributed by atoms with van der Waals surface area (Å²) >= 11 is 0. The molecule has 0 radical (unpaired) electrons. The zero-order valence-electron chi connectivity index (χ0n) is 24.1. The minimum absolute atomic E-state index is 0.0363. The lowest BCUT2D eigenvalue weighted by atomic mass is 9.59. The third-order valence-electron chi connectivity index (χ3n) is 9.78. The Balaban J connectivity index is 1.87. The molecule has 4 nitrogen and oxygen atoms in total. The van der Waals surface area contributed by atoms with Crippen LogP contribution in [0.3, 0.4) is 0 Å². The number of nitrogens with zero attached hydrogens (tertiary/aromatic N) is 3. The summed E-state index contributed by atoms with van der Waals surface area (Å²) in [5.41, 5.74) is 7.91. The quantitative estimate of drug-likeness (QED) is 0.357. The third kappa shape index (κ3) is 2.98. The predicted molar refractivity (Wildman–Crippen MR) is 146 cm³/mol. The van der Waals surface area contributed by atoms with E-state index in [1.165, 1.54) is 16.7 Å². The first-order valence-electron chi connectivity index (χ1n) is 13.1. The summed E-state index contributed by atoms with van der Waals surface area (Å²) in [7, 11) is 0. The van der Waals surface area contributed by atoms with Gasteiger partial charge in [-0.3, -0.25) is 4.57 Å². The van der Waals surface area contributed by atoms with Crippen molar-refractivity contribution in [3.8, 4) is 17.3 Å². The van der Waals surface area contributed by atoms with Crippen LogP contribution in [0.4, 0.5) is 0 Å². The van der Waals surface area contributed by atoms with E-state index in [4.69, 9.17) is 14.7 Å². The van der Waals surface area contributed by atoms with Crippen LogP contribution in [0.25, 0.3) is 22.4 Å². The van der Waals surface area contributed by atoms with Gasteiger partial charge in [-0.15, -0.1) is 0 Å². The van der Waals surface area contributed by atoms with Gasteiger partial charge in [0.2, 0.25) is 5.88 Å². The van der Waals surface area contributed by atoms with E-state index in [-0.39, 0.29) is 21.7 Å². The second-order valence-corrected chi connectivity index (χ2v) is 14.3. The van der Waals surface area contributed by atoms with E-state index in [1.54, 1.807) is 0 Å². The van der Waals surface area contributed by atoms with Gasteiger partial charge in [0, 0.05) is 5.41 Å². The molecule has 0 bridgehead atoms. The van der Waals surface area contributed by atoms with Crippen LogP contribution in [0.2, 0.25) is 0 Å². The molecular weight excluding hydrogens is 430 g/mol. The molecule has 0 saturated carbocycles. The molecule has 0 saturated heterocycles. The number of rotatable bonds is 1. The van der Waals surface area contributed by atoms with Crippen LogP contribution in [0, 0.1) is 5.41 Å². The molecule has 3 heterocycles. The summed E-state index contributed by atoms with van der Waals surface area (Å²) in [5.74, 6) is 2.01. The van der Waals surface area contributed by atoms with Crippen molar-refractivity contribution < 1.29 is 4.74 Å². The fraction of sp³-hybridized carbons (Fsp3) is 0.613. The largest absolute Gasteiger partial charge is 0.451 e. The van der Waals surface area contributed by atoms with Crippen LogP contribution in [0.15, 0.2) is 18.2 Å². The molecule has 0 unspecified atom stereocenters. The fourth-order valence-electron chi connectivity index (χ4n) is 6.29. The zero-order chi connectivity index (χ0) is 26.1. The molecular formula is C31H43N3O. The lowest BCUT2D eigenvalue weighted by molar-refractivity contribution is 0.0249. The molecule has 35 heavy (non-hydrogen) atoms. The third-order valence-corrected chi connectivity index (χ3v) is 9.78. The van der Waals surface area contributed by atoms with Crippen molar-refractivity contribution in [2.75, 3.05) is 0 Å². The van der Waals surface area contributed by atoms with Gasteiger partial charge in [-0.25, -0.2) is 9.97 Å². The summed E-state index contributed by atoms with van der Waals surface area (Å²) < 4.78 is 9.01. The Kier molecular flexibility index (Phi) is 4.65. The topological polar surface area (TPSA) is 39.9 Å². The molecule has 4 heteroatoms. The van der Waals surface area contributed by atoms with Gasteiger partial charge in [0.1, 0.15) is 5.82 Å². The molecule has 2 aliphatic rings. The lowest BCUT2D eigenvalue weighted by Crippen LogP contribution is -2.42. The summed E-state index contributed by atoms with van der Waals surface area (Å²) in [6, 6.07) is 7.03. The maximum absolute atomic E-state index is 6.70. The molecule has 0 spiro atoms. The summed E-state index contributed by atoms with van der Waals surface area (Å²) in [5, 5.41) is 0. The molecule has 0 amide bonds. The van der Waals surface area contributed by atoms with Crippen LogP contribution < -0.4 is 4.74 Å². The number of imidazole rings is 1. The minimum atomic E-state index is -0.600. The van der Waals surface area contributed by atoms with Crippen LogP contribution in [-0.2, 0) is 22.0 Å². The molecule has 0 N–H and O–H groups in total. The average molecular weight is 474 g/mol. The van der Waals surface area contributed by atoms with Crippen LogP contribution >= 0.6 is 0 Å². The van der Waals surface area contributed by atoms with Gasteiger partial charge >= 0.3 is 0 Å². The fourth-order valence-corrected chi connectivity index (χ4v) is 6.29. The summed E-state index contributed by atoms with van der Waals surface area (Å²) in [6.45, 7) is 29.8. The first-order chi connectivity index (χ1) is 15.8. The molecule has 1 aromatic carbocycles. The molecule has 5 rings (SSSR count). The first kappa shape index (κ1) is 24.3. The molecule has 2 aromatic heterocycles. The van der Waals surface area contributed by atoms with Gasteiger partial charge in [0.05, 0.1) is 22.3 Å². The number of aromatic nitrogens is 3. The minimum Gasteiger partial charge on any atom is -0.451 e. The average Bonchev–Trinajstić information content (AvgIpc) is 3.13. The van der Waals surface area contributed by atoms with Crippen molar-refractivity contribution in [3.63, 3.8) is 0 Å². The van der Waals surface area contributed by atoms with E-state index < -0.39 is 5.72 Å². The Hall–Kier alpha value is -2.36. The number of benzene rings is 1. The highest BCUT2D eigenvalue weighted by molar-refractivity contribution is 5.86. The van der Waals surface area contributed by atoms with Gasteiger partial charge in [0.25, 0.3) is 0 Å². The van der Waals surface area contributed by atoms with Gasteiger partial charge < -0.3 is 4.74 Å².